The summed E-state index contributed by atoms with van der Waals surface area (Å²) in [6, 6.07) is 29.3. The Morgan fingerprint density at radius 1 is 0.654 bits per heavy atom. The van der Waals surface area contributed by atoms with E-state index in [9.17, 15) is 9.59 Å². The molecule has 1 aliphatic heterocycles. The number of cyclic esters (lactones) is 1. The Morgan fingerprint density at radius 3 is 1.35 bits per heavy atom. The van der Waals surface area contributed by atoms with Gasteiger partial charge < -0.3 is 10.1 Å². The molecule has 4 rings (SSSR count). The lowest BCUT2D eigenvalue weighted by atomic mass is 9.68. The second-order valence-electron chi connectivity index (χ2n) is 6.16. The van der Waals surface area contributed by atoms with Crippen LogP contribution in [0.15, 0.2) is 91.0 Å². The molecule has 1 amide bonds. The van der Waals surface area contributed by atoms with Crippen molar-refractivity contribution < 1.29 is 14.3 Å². The van der Waals surface area contributed by atoms with E-state index in [-0.39, 0.29) is 0 Å². The first kappa shape index (κ1) is 16.1. The number of esters is 1. The van der Waals surface area contributed by atoms with Crippen LogP contribution in [0.5, 0.6) is 0 Å². The summed E-state index contributed by atoms with van der Waals surface area (Å²) in [6.45, 7) is 0. The van der Waals surface area contributed by atoms with E-state index in [0.717, 1.165) is 16.7 Å². The molecule has 1 heterocycles. The van der Waals surface area contributed by atoms with Gasteiger partial charge in [0.25, 0.3) is 0 Å². The number of carbonyl (C=O) groups is 2. The molecule has 1 unspecified atom stereocenters. The molecule has 26 heavy (non-hydrogen) atoms. The van der Waals surface area contributed by atoms with Crippen LogP contribution in [0.3, 0.4) is 0 Å². The third kappa shape index (κ3) is 2.47. The van der Waals surface area contributed by atoms with Crippen LogP contribution in [0.2, 0.25) is 0 Å². The summed E-state index contributed by atoms with van der Waals surface area (Å²) in [4.78, 5) is 23.8. The SMILES string of the molecule is O=C1NC(C(c2ccccc2)(c2ccccc2)c2ccccc2)OC1=O. The Balaban J connectivity index is 2.04. The van der Waals surface area contributed by atoms with Crippen LogP contribution in [0.4, 0.5) is 0 Å². The molecule has 1 atom stereocenters. The van der Waals surface area contributed by atoms with Crippen LogP contribution in [0.1, 0.15) is 16.7 Å². The molecule has 3 aromatic rings. The molecule has 0 radical (unpaired) electrons. The molecular formula is C22H17NO3. The highest BCUT2D eigenvalue weighted by Gasteiger charge is 2.51. The van der Waals surface area contributed by atoms with Gasteiger partial charge in [0.05, 0.1) is 0 Å². The highest BCUT2D eigenvalue weighted by molar-refractivity contribution is 6.34. The molecule has 0 aromatic heterocycles. The van der Waals surface area contributed by atoms with Gasteiger partial charge >= 0.3 is 11.9 Å². The van der Waals surface area contributed by atoms with Crippen LogP contribution in [0, 0.1) is 0 Å². The lowest BCUT2D eigenvalue weighted by Gasteiger charge is -2.39. The Bertz CT molecular complexity index is 811. The number of hydrogen-bond acceptors (Lipinski definition) is 3. The van der Waals surface area contributed by atoms with Crippen molar-refractivity contribution in [2.24, 2.45) is 0 Å². The second-order valence-corrected chi connectivity index (χ2v) is 6.16. The molecule has 0 bridgehead atoms. The van der Waals surface area contributed by atoms with Crippen LogP contribution in [0.25, 0.3) is 0 Å². The fraction of sp³-hybridized carbons (Fsp3) is 0.0909. The summed E-state index contributed by atoms with van der Waals surface area (Å²) in [5.41, 5.74) is 1.93. The van der Waals surface area contributed by atoms with Crippen molar-refractivity contribution in [3.63, 3.8) is 0 Å². The zero-order valence-electron chi connectivity index (χ0n) is 14.0. The maximum Gasteiger partial charge on any atom is 0.398 e. The standard InChI is InChI=1S/C22H17NO3/c24-19-20(25)26-21(23-19)22(16-10-4-1-5-11-16,17-12-6-2-7-13-17)18-14-8-3-9-15-18/h1-15,21H,(H,23,24). The molecule has 1 saturated heterocycles. The largest absolute Gasteiger partial charge is 0.433 e. The first-order valence-electron chi connectivity index (χ1n) is 8.41. The first-order chi connectivity index (χ1) is 12.7. The quantitative estimate of drug-likeness (QED) is 0.450. The topological polar surface area (TPSA) is 55.4 Å². The molecule has 1 fully saturated rings. The van der Waals surface area contributed by atoms with E-state index in [4.69, 9.17) is 4.74 Å². The van der Waals surface area contributed by atoms with Gasteiger partial charge in [-0.3, -0.25) is 4.79 Å². The van der Waals surface area contributed by atoms with Gasteiger partial charge in [-0.2, -0.15) is 0 Å². The summed E-state index contributed by atoms with van der Waals surface area (Å²) < 4.78 is 5.50. The van der Waals surface area contributed by atoms with Crippen molar-refractivity contribution in [2.75, 3.05) is 0 Å². The van der Waals surface area contributed by atoms with Crippen molar-refractivity contribution in [1.29, 1.82) is 0 Å². The van der Waals surface area contributed by atoms with Gasteiger partial charge in [-0.05, 0) is 16.7 Å². The molecule has 4 nitrogen and oxygen atoms in total. The van der Waals surface area contributed by atoms with Crippen LogP contribution < -0.4 is 5.32 Å². The molecule has 0 saturated carbocycles. The van der Waals surface area contributed by atoms with Crippen molar-refractivity contribution >= 4 is 11.9 Å². The Hall–Kier alpha value is -3.40. The highest BCUT2D eigenvalue weighted by atomic mass is 16.6. The normalized spacial score (nSPS) is 16.8. The van der Waals surface area contributed by atoms with E-state index in [1.807, 2.05) is 91.0 Å². The van der Waals surface area contributed by atoms with Crippen LogP contribution in [-0.4, -0.2) is 18.1 Å². The van der Waals surface area contributed by atoms with Crippen molar-refractivity contribution in [2.45, 2.75) is 11.6 Å². The third-order valence-electron chi connectivity index (χ3n) is 4.75. The fourth-order valence-corrected chi connectivity index (χ4v) is 3.62. The Labute approximate surface area is 151 Å². The lowest BCUT2D eigenvalue weighted by Crippen LogP contribution is -2.48. The van der Waals surface area contributed by atoms with E-state index in [2.05, 4.69) is 5.32 Å². The smallest absolute Gasteiger partial charge is 0.398 e. The van der Waals surface area contributed by atoms with E-state index in [1.54, 1.807) is 0 Å². The van der Waals surface area contributed by atoms with Gasteiger partial charge in [-0.25, -0.2) is 4.79 Å². The second kappa shape index (κ2) is 6.48. The van der Waals surface area contributed by atoms with Gasteiger partial charge in [0.2, 0.25) is 0 Å². The zero-order chi connectivity index (χ0) is 18.0. The highest BCUT2D eigenvalue weighted by Crippen LogP contribution is 2.43. The van der Waals surface area contributed by atoms with E-state index >= 15 is 0 Å². The van der Waals surface area contributed by atoms with Gasteiger partial charge in [0, 0.05) is 0 Å². The summed E-state index contributed by atoms with van der Waals surface area (Å²) in [5, 5.41) is 2.73. The predicted molar refractivity (Wildman–Crippen MR) is 97.2 cm³/mol. The Morgan fingerprint density at radius 2 is 1.04 bits per heavy atom. The number of benzene rings is 3. The van der Waals surface area contributed by atoms with Gasteiger partial charge in [0.15, 0.2) is 6.23 Å². The van der Waals surface area contributed by atoms with E-state index in [1.165, 1.54) is 0 Å². The van der Waals surface area contributed by atoms with Gasteiger partial charge in [0.1, 0.15) is 5.41 Å². The minimum absolute atomic E-state index is 0.720. The summed E-state index contributed by atoms with van der Waals surface area (Å²) >= 11 is 0. The number of ether oxygens (including phenoxy) is 1. The number of rotatable bonds is 4. The van der Waals surface area contributed by atoms with Gasteiger partial charge in [-0.1, -0.05) is 91.0 Å². The van der Waals surface area contributed by atoms with Crippen LogP contribution in [-0.2, 0) is 19.7 Å². The monoisotopic (exact) mass is 343 g/mol. The predicted octanol–water partition coefficient (Wildman–Crippen LogP) is 3.02. The molecule has 3 aromatic carbocycles. The third-order valence-corrected chi connectivity index (χ3v) is 4.75. The van der Waals surface area contributed by atoms with Crippen molar-refractivity contribution in [3.8, 4) is 0 Å². The first-order valence-corrected chi connectivity index (χ1v) is 8.41. The molecule has 0 aliphatic carbocycles. The van der Waals surface area contributed by atoms with Crippen molar-refractivity contribution in [1.82, 2.24) is 5.32 Å². The van der Waals surface area contributed by atoms with E-state index < -0.39 is 23.5 Å². The number of carbonyl (C=O) groups excluding carboxylic acids is 2. The number of nitrogens with one attached hydrogen (secondary N) is 1. The molecule has 1 N–H and O–H groups in total. The van der Waals surface area contributed by atoms with Crippen molar-refractivity contribution in [3.05, 3.63) is 108 Å². The minimum Gasteiger partial charge on any atom is -0.433 e. The minimum atomic E-state index is -0.859. The fourth-order valence-electron chi connectivity index (χ4n) is 3.62. The molecule has 0 spiro atoms. The zero-order valence-corrected chi connectivity index (χ0v) is 14.0. The maximum absolute atomic E-state index is 11.9. The Kier molecular flexibility index (Phi) is 4.01. The molecule has 4 heteroatoms. The lowest BCUT2D eigenvalue weighted by molar-refractivity contribution is -0.149. The summed E-state index contributed by atoms with van der Waals surface area (Å²) in [5.74, 6) is -1.58. The summed E-state index contributed by atoms with van der Waals surface area (Å²) in [7, 11) is 0. The van der Waals surface area contributed by atoms with Crippen LogP contribution >= 0.6 is 0 Å². The summed E-state index contributed by atoms with van der Waals surface area (Å²) in [6.07, 6.45) is -0.838. The van der Waals surface area contributed by atoms with E-state index in [0.29, 0.717) is 0 Å². The molecule has 128 valence electrons. The molecule has 1 aliphatic rings. The molecular weight excluding hydrogens is 326 g/mol. The number of hydrogen-bond donors (Lipinski definition) is 1. The average Bonchev–Trinajstić information content (AvgIpc) is 3.04. The maximum atomic E-state index is 11.9. The number of amides is 1. The average molecular weight is 343 g/mol. The van der Waals surface area contributed by atoms with Gasteiger partial charge in [-0.15, -0.1) is 0 Å².